The summed E-state index contributed by atoms with van der Waals surface area (Å²) in [5.41, 5.74) is 3.52. The number of anilines is 1. The normalized spacial score (nSPS) is 11.0. The fourth-order valence-corrected chi connectivity index (χ4v) is 2.87. The van der Waals surface area contributed by atoms with Gasteiger partial charge in [-0.05, 0) is 62.7 Å². The van der Waals surface area contributed by atoms with Crippen LogP contribution in [0.5, 0.6) is 0 Å². The van der Waals surface area contributed by atoms with Crippen molar-refractivity contribution in [2.75, 3.05) is 5.32 Å². The van der Waals surface area contributed by atoms with Gasteiger partial charge in [0.25, 0.3) is 5.91 Å². The second-order valence-corrected chi connectivity index (χ2v) is 7.38. The van der Waals surface area contributed by atoms with E-state index in [0.29, 0.717) is 22.1 Å². The Morgan fingerprint density at radius 2 is 1.96 bits per heavy atom. The van der Waals surface area contributed by atoms with Gasteiger partial charge in [-0.15, -0.1) is 0 Å². The van der Waals surface area contributed by atoms with Crippen LogP contribution < -0.4 is 5.32 Å². The minimum absolute atomic E-state index is 0.272. The van der Waals surface area contributed by atoms with Crippen molar-refractivity contribution in [2.45, 2.75) is 26.2 Å². The molecule has 0 aliphatic rings. The average molecular weight is 391 g/mol. The molecule has 0 saturated heterocycles. The summed E-state index contributed by atoms with van der Waals surface area (Å²) >= 11 is 6.01. The maximum absolute atomic E-state index is 12.7. The molecule has 3 rings (SSSR count). The Morgan fingerprint density at radius 1 is 1.18 bits per heavy atom. The summed E-state index contributed by atoms with van der Waals surface area (Å²) in [4.78, 5) is 21.3. The number of carbonyl (C=O) groups excluding carboxylic acids is 1. The lowest BCUT2D eigenvalue weighted by molar-refractivity contribution is 0.102. The molecule has 2 heterocycles. The molecule has 0 saturated carbocycles. The van der Waals surface area contributed by atoms with Gasteiger partial charge in [0.2, 0.25) is 0 Å². The summed E-state index contributed by atoms with van der Waals surface area (Å²) in [5, 5.41) is 12.6. The highest BCUT2D eigenvalue weighted by atomic mass is 35.5. The smallest absolute Gasteiger partial charge is 0.255 e. The number of hydrogen-bond donors (Lipinski definition) is 1. The molecule has 1 N–H and O–H groups in total. The van der Waals surface area contributed by atoms with E-state index < -0.39 is 5.41 Å². The van der Waals surface area contributed by atoms with E-state index in [1.165, 1.54) is 0 Å². The third-order valence-corrected chi connectivity index (χ3v) is 4.64. The topological polar surface area (TPSA) is 78.7 Å². The molecule has 0 radical (unpaired) electrons. The number of nitriles is 1. The minimum atomic E-state index is -0.772. The molecule has 0 aliphatic carbocycles. The van der Waals surface area contributed by atoms with Crippen LogP contribution in [0.4, 0.5) is 5.69 Å². The van der Waals surface area contributed by atoms with Crippen molar-refractivity contribution < 1.29 is 4.79 Å². The number of amides is 1. The van der Waals surface area contributed by atoms with Crippen molar-refractivity contribution in [3.05, 3.63) is 76.7 Å². The molecule has 28 heavy (non-hydrogen) atoms. The van der Waals surface area contributed by atoms with Gasteiger partial charge >= 0.3 is 0 Å². The summed E-state index contributed by atoms with van der Waals surface area (Å²) in [6, 6.07) is 16.5. The molecule has 0 bridgehead atoms. The number of rotatable bonds is 4. The van der Waals surface area contributed by atoms with Gasteiger partial charge in [0, 0.05) is 23.0 Å². The molecule has 0 aliphatic heterocycles. The van der Waals surface area contributed by atoms with Crippen molar-refractivity contribution in [1.82, 2.24) is 9.97 Å². The lowest BCUT2D eigenvalue weighted by Crippen LogP contribution is -2.18. The maximum Gasteiger partial charge on any atom is 0.255 e. The highest BCUT2D eigenvalue weighted by Gasteiger charge is 2.22. The molecule has 0 fully saturated rings. The van der Waals surface area contributed by atoms with Crippen LogP contribution in [-0.2, 0) is 5.41 Å². The lowest BCUT2D eigenvalue weighted by atomic mass is 9.90. The third kappa shape index (κ3) is 4.19. The van der Waals surface area contributed by atoms with Gasteiger partial charge in [0.15, 0.2) is 0 Å². The van der Waals surface area contributed by atoms with Gasteiger partial charge in [-0.1, -0.05) is 23.7 Å². The number of pyridine rings is 2. The quantitative estimate of drug-likeness (QED) is 0.624. The number of aromatic nitrogens is 2. The van der Waals surface area contributed by atoms with E-state index in [1.54, 1.807) is 38.2 Å². The van der Waals surface area contributed by atoms with Crippen LogP contribution in [0.15, 0.2) is 54.7 Å². The lowest BCUT2D eigenvalue weighted by Gasteiger charge is -2.15. The van der Waals surface area contributed by atoms with E-state index >= 15 is 0 Å². The first kappa shape index (κ1) is 19.5. The Kier molecular flexibility index (Phi) is 5.43. The molecule has 6 heteroatoms. The number of aryl methyl sites for hydroxylation is 1. The van der Waals surface area contributed by atoms with Crippen molar-refractivity contribution in [1.29, 1.82) is 5.26 Å². The van der Waals surface area contributed by atoms with Crippen LogP contribution in [0.1, 0.15) is 35.5 Å². The van der Waals surface area contributed by atoms with Crippen molar-refractivity contribution in [3.8, 4) is 17.3 Å². The SMILES string of the molecule is Cc1ccc(NC(=O)c2ccnc(C(C)(C)C#N)c2)cc1-c1cccc(Cl)n1. The van der Waals surface area contributed by atoms with Gasteiger partial charge in [-0.2, -0.15) is 5.26 Å². The summed E-state index contributed by atoms with van der Waals surface area (Å²) in [5.74, 6) is -0.272. The monoisotopic (exact) mass is 390 g/mol. The molecule has 0 spiro atoms. The molecule has 0 unspecified atom stereocenters. The highest BCUT2D eigenvalue weighted by Crippen LogP contribution is 2.27. The Labute approximate surface area is 169 Å². The van der Waals surface area contributed by atoms with Crippen LogP contribution in [0.25, 0.3) is 11.3 Å². The predicted octanol–water partition coefficient (Wildman–Crippen LogP) is 5.16. The fourth-order valence-electron chi connectivity index (χ4n) is 2.71. The standard InChI is InChI=1S/C22H19ClN4O/c1-14-7-8-16(12-17(14)18-5-4-6-20(23)27-18)26-21(28)15-9-10-25-19(11-15)22(2,3)13-24/h4-12H,1-3H3,(H,26,28). The van der Waals surface area contributed by atoms with Gasteiger partial charge in [-0.25, -0.2) is 4.98 Å². The Balaban J connectivity index is 1.89. The van der Waals surface area contributed by atoms with E-state index in [-0.39, 0.29) is 5.91 Å². The van der Waals surface area contributed by atoms with Gasteiger partial charge in [-0.3, -0.25) is 9.78 Å². The minimum Gasteiger partial charge on any atom is -0.322 e. The molecule has 1 aromatic carbocycles. The number of halogens is 1. The number of carbonyl (C=O) groups is 1. The molecule has 2 aromatic heterocycles. The molecule has 0 atom stereocenters. The Morgan fingerprint density at radius 3 is 2.68 bits per heavy atom. The summed E-state index contributed by atoms with van der Waals surface area (Å²) < 4.78 is 0. The fraction of sp³-hybridized carbons (Fsp3) is 0.182. The van der Waals surface area contributed by atoms with Gasteiger partial charge < -0.3 is 5.32 Å². The zero-order valence-electron chi connectivity index (χ0n) is 15.8. The molecule has 1 amide bonds. The summed E-state index contributed by atoms with van der Waals surface area (Å²) in [7, 11) is 0. The zero-order chi connectivity index (χ0) is 20.3. The maximum atomic E-state index is 12.7. The second-order valence-electron chi connectivity index (χ2n) is 7.00. The molecular weight excluding hydrogens is 372 g/mol. The average Bonchev–Trinajstić information content (AvgIpc) is 2.69. The number of nitrogens with zero attached hydrogens (tertiary/aromatic N) is 3. The van der Waals surface area contributed by atoms with Crippen LogP contribution >= 0.6 is 11.6 Å². The first-order chi connectivity index (χ1) is 13.3. The Bertz CT molecular complexity index is 1090. The number of benzene rings is 1. The summed E-state index contributed by atoms with van der Waals surface area (Å²) in [6.07, 6.45) is 1.54. The van der Waals surface area contributed by atoms with E-state index in [4.69, 9.17) is 11.6 Å². The van der Waals surface area contributed by atoms with Crippen LogP contribution in [-0.4, -0.2) is 15.9 Å². The molecule has 5 nitrogen and oxygen atoms in total. The van der Waals surface area contributed by atoms with E-state index in [0.717, 1.165) is 16.8 Å². The van der Waals surface area contributed by atoms with Crippen LogP contribution in [0.2, 0.25) is 5.15 Å². The van der Waals surface area contributed by atoms with Crippen molar-refractivity contribution >= 4 is 23.2 Å². The third-order valence-electron chi connectivity index (χ3n) is 4.43. The number of nitrogens with one attached hydrogen (secondary N) is 1. The van der Waals surface area contributed by atoms with Crippen LogP contribution in [0.3, 0.4) is 0 Å². The molecule has 3 aromatic rings. The first-order valence-corrected chi connectivity index (χ1v) is 9.11. The van der Waals surface area contributed by atoms with Gasteiger partial charge in [0.1, 0.15) is 5.15 Å². The molecular formula is C22H19ClN4O. The van der Waals surface area contributed by atoms with Crippen molar-refractivity contribution in [3.63, 3.8) is 0 Å². The van der Waals surface area contributed by atoms with Crippen molar-refractivity contribution in [2.24, 2.45) is 0 Å². The van der Waals surface area contributed by atoms with E-state index in [1.807, 2.05) is 37.3 Å². The molecule has 140 valence electrons. The number of hydrogen-bond acceptors (Lipinski definition) is 4. The first-order valence-electron chi connectivity index (χ1n) is 8.73. The summed E-state index contributed by atoms with van der Waals surface area (Å²) in [6.45, 7) is 5.51. The zero-order valence-corrected chi connectivity index (χ0v) is 16.6. The van der Waals surface area contributed by atoms with Crippen LogP contribution in [0, 0.1) is 18.3 Å². The van der Waals surface area contributed by atoms with E-state index in [9.17, 15) is 10.1 Å². The highest BCUT2D eigenvalue weighted by molar-refractivity contribution is 6.29. The second kappa shape index (κ2) is 7.79. The Hall–Kier alpha value is -3.23. The predicted molar refractivity (Wildman–Crippen MR) is 110 cm³/mol. The van der Waals surface area contributed by atoms with E-state index in [2.05, 4.69) is 21.4 Å². The largest absolute Gasteiger partial charge is 0.322 e. The van der Waals surface area contributed by atoms with Gasteiger partial charge in [0.05, 0.1) is 22.9 Å².